The number of amides is 1. The standard InChI is InChI=1S/C22H27N3O5S/c1-4-15(2)20(24-21-18-7-5-6-8-19(18)31(27,28)25-21)22(26)23-16-9-11-17(12-10-16)30-14-13-29-3/h5-12,15,20H,4,13-14H2,1-3H3,(H,23,26)(H,24,25)/t15-,20-/m0/s1. The molecule has 1 aliphatic heterocycles. The van der Waals surface area contributed by atoms with Crippen LogP contribution in [-0.2, 0) is 19.6 Å². The van der Waals surface area contributed by atoms with Crippen molar-refractivity contribution in [2.45, 2.75) is 31.2 Å². The summed E-state index contributed by atoms with van der Waals surface area (Å²) in [6.45, 7) is 4.80. The highest BCUT2D eigenvalue weighted by Crippen LogP contribution is 2.24. The molecule has 8 nitrogen and oxygen atoms in total. The van der Waals surface area contributed by atoms with Crippen LogP contribution in [0.1, 0.15) is 25.8 Å². The number of sulfonamides is 1. The Labute approximate surface area is 182 Å². The predicted octanol–water partition coefficient (Wildman–Crippen LogP) is 2.80. The minimum absolute atomic E-state index is 0.0959. The van der Waals surface area contributed by atoms with Crippen molar-refractivity contribution in [2.24, 2.45) is 10.9 Å². The van der Waals surface area contributed by atoms with Crippen molar-refractivity contribution in [2.75, 3.05) is 25.6 Å². The van der Waals surface area contributed by atoms with E-state index in [0.29, 0.717) is 36.6 Å². The van der Waals surface area contributed by atoms with Gasteiger partial charge in [-0.3, -0.25) is 14.5 Å². The van der Waals surface area contributed by atoms with Crippen LogP contribution < -0.4 is 14.8 Å². The summed E-state index contributed by atoms with van der Waals surface area (Å²) < 4.78 is 37.7. The molecule has 3 rings (SSSR count). The van der Waals surface area contributed by atoms with Crippen LogP contribution in [-0.4, -0.2) is 46.5 Å². The lowest BCUT2D eigenvalue weighted by atomic mass is 9.98. The highest BCUT2D eigenvalue weighted by atomic mass is 32.2. The third kappa shape index (κ3) is 5.42. The van der Waals surface area contributed by atoms with Gasteiger partial charge in [0.25, 0.3) is 10.0 Å². The number of hydrogen-bond donors (Lipinski definition) is 2. The maximum absolute atomic E-state index is 13.0. The van der Waals surface area contributed by atoms with Gasteiger partial charge in [-0.15, -0.1) is 0 Å². The molecule has 0 saturated carbocycles. The molecule has 2 aromatic rings. The van der Waals surface area contributed by atoms with E-state index in [4.69, 9.17) is 9.47 Å². The van der Waals surface area contributed by atoms with Crippen LogP contribution in [0.25, 0.3) is 0 Å². The number of rotatable bonds is 9. The Morgan fingerprint density at radius 2 is 1.84 bits per heavy atom. The van der Waals surface area contributed by atoms with Crippen LogP contribution in [0.15, 0.2) is 58.4 Å². The van der Waals surface area contributed by atoms with E-state index >= 15 is 0 Å². The predicted molar refractivity (Wildman–Crippen MR) is 119 cm³/mol. The summed E-state index contributed by atoms with van der Waals surface area (Å²) in [5, 5.41) is 2.87. The third-order valence-electron chi connectivity index (χ3n) is 5.06. The molecule has 0 spiro atoms. The second-order valence-corrected chi connectivity index (χ2v) is 8.92. The zero-order valence-electron chi connectivity index (χ0n) is 17.8. The molecule has 0 aliphatic carbocycles. The lowest BCUT2D eigenvalue weighted by molar-refractivity contribution is -0.118. The first-order chi connectivity index (χ1) is 14.9. The number of ether oxygens (including phenoxy) is 2. The van der Waals surface area contributed by atoms with E-state index in [9.17, 15) is 13.2 Å². The van der Waals surface area contributed by atoms with Gasteiger partial charge in [0, 0.05) is 18.4 Å². The van der Waals surface area contributed by atoms with Crippen LogP contribution in [0.5, 0.6) is 5.75 Å². The van der Waals surface area contributed by atoms with E-state index in [2.05, 4.69) is 15.0 Å². The normalized spacial score (nSPS) is 17.5. The number of amidine groups is 1. The number of carbonyl (C=O) groups excluding carboxylic acids is 1. The number of carbonyl (C=O) groups is 1. The summed E-state index contributed by atoms with van der Waals surface area (Å²) in [6, 6.07) is 12.9. The van der Waals surface area contributed by atoms with Crippen molar-refractivity contribution in [3.63, 3.8) is 0 Å². The van der Waals surface area contributed by atoms with E-state index in [1.165, 1.54) is 6.07 Å². The minimum atomic E-state index is -3.67. The molecule has 0 saturated heterocycles. The average molecular weight is 446 g/mol. The highest BCUT2D eigenvalue weighted by molar-refractivity contribution is 7.90. The number of nitrogens with one attached hydrogen (secondary N) is 2. The SMILES string of the molecule is CC[C@H](C)[C@H](N=C1NS(=O)(=O)c2ccccc21)C(=O)Nc1ccc(OCCOC)cc1. The fourth-order valence-corrected chi connectivity index (χ4v) is 4.37. The first-order valence-electron chi connectivity index (χ1n) is 10.1. The molecule has 0 aromatic heterocycles. The summed E-state index contributed by atoms with van der Waals surface area (Å²) in [6.07, 6.45) is 0.704. The molecule has 0 unspecified atom stereocenters. The van der Waals surface area contributed by atoms with Gasteiger partial charge < -0.3 is 14.8 Å². The maximum Gasteiger partial charge on any atom is 0.263 e. The smallest absolute Gasteiger partial charge is 0.263 e. The number of anilines is 1. The molecule has 0 radical (unpaired) electrons. The molecule has 1 heterocycles. The molecule has 0 fully saturated rings. The molecule has 2 atom stereocenters. The van der Waals surface area contributed by atoms with Gasteiger partial charge in [-0.1, -0.05) is 32.4 Å². The van der Waals surface area contributed by atoms with Crippen molar-refractivity contribution in [3.05, 3.63) is 54.1 Å². The van der Waals surface area contributed by atoms with Crippen LogP contribution >= 0.6 is 0 Å². The molecule has 31 heavy (non-hydrogen) atoms. The quantitative estimate of drug-likeness (QED) is 0.578. The topological polar surface area (TPSA) is 106 Å². The number of aliphatic imine (C=N–C) groups is 1. The largest absolute Gasteiger partial charge is 0.491 e. The summed E-state index contributed by atoms with van der Waals surface area (Å²) >= 11 is 0. The maximum atomic E-state index is 13.0. The highest BCUT2D eigenvalue weighted by Gasteiger charge is 2.33. The van der Waals surface area contributed by atoms with Gasteiger partial charge in [0.15, 0.2) is 0 Å². The molecule has 1 aliphatic rings. The Kier molecular flexibility index (Phi) is 7.29. The van der Waals surface area contributed by atoms with Crippen molar-refractivity contribution in [1.29, 1.82) is 0 Å². The van der Waals surface area contributed by atoms with Gasteiger partial charge in [0.2, 0.25) is 5.91 Å². The summed E-state index contributed by atoms with van der Waals surface area (Å²) in [7, 11) is -2.06. The van der Waals surface area contributed by atoms with Crippen molar-refractivity contribution in [1.82, 2.24) is 4.72 Å². The van der Waals surface area contributed by atoms with Gasteiger partial charge in [0.1, 0.15) is 24.2 Å². The van der Waals surface area contributed by atoms with Crippen molar-refractivity contribution in [3.8, 4) is 5.75 Å². The molecule has 166 valence electrons. The first kappa shape index (κ1) is 22.8. The number of fused-ring (bicyclic) bond motifs is 1. The molecular weight excluding hydrogens is 418 g/mol. The van der Waals surface area contributed by atoms with Gasteiger partial charge in [-0.05, 0) is 42.3 Å². The van der Waals surface area contributed by atoms with Crippen LogP contribution in [0, 0.1) is 5.92 Å². The Balaban J connectivity index is 1.79. The van der Waals surface area contributed by atoms with E-state index in [0.717, 1.165) is 0 Å². The Morgan fingerprint density at radius 1 is 1.13 bits per heavy atom. The van der Waals surface area contributed by atoms with Crippen LogP contribution in [0.4, 0.5) is 5.69 Å². The van der Waals surface area contributed by atoms with Gasteiger partial charge in [0.05, 0.1) is 11.5 Å². The number of benzene rings is 2. The van der Waals surface area contributed by atoms with E-state index < -0.39 is 16.1 Å². The zero-order valence-corrected chi connectivity index (χ0v) is 18.6. The van der Waals surface area contributed by atoms with Gasteiger partial charge in [-0.2, -0.15) is 0 Å². The second kappa shape index (κ2) is 9.93. The fourth-order valence-electron chi connectivity index (χ4n) is 3.13. The molecule has 2 N–H and O–H groups in total. The van der Waals surface area contributed by atoms with Crippen molar-refractivity contribution < 1.29 is 22.7 Å². The fraction of sp³-hybridized carbons (Fsp3) is 0.364. The molecule has 1 amide bonds. The van der Waals surface area contributed by atoms with Crippen molar-refractivity contribution >= 4 is 27.5 Å². The summed E-state index contributed by atoms with van der Waals surface area (Å²) in [5.41, 5.74) is 1.08. The molecule has 0 bridgehead atoms. The lowest BCUT2D eigenvalue weighted by Crippen LogP contribution is -2.34. The van der Waals surface area contributed by atoms with E-state index in [-0.39, 0.29) is 22.6 Å². The zero-order chi connectivity index (χ0) is 22.4. The summed E-state index contributed by atoms with van der Waals surface area (Å²) in [4.78, 5) is 17.7. The second-order valence-electron chi connectivity index (χ2n) is 7.26. The first-order valence-corrected chi connectivity index (χ1v) is 11.6. The third-order valence-corrected chi connectivity index (χ3v) is 6.46. The van der Waals surface area contributed by atoms with Gasteiger partial charge >= 0.3 is 0 Å². The molecule has 9 heteroatoms. The Morgan fingerprint density at radius 3 is 2.52 bits per heavy atom. The van der Waals surface area contributed by atoms with Crippen LogP contribution in [0.2, 0.25) is 0 Å². The molecular formula is C22H27N3O5S. The summed E-state index contributed by atoms with van der Waals surface area (Å²) in [5.74, 6) is 0.462. The minimum Gasteiger partial charge on any atom is -0.491 e. The molecule has 2 aromatic carbocycles. The van der Waals surface area contributed by atoms with E-state index in [1.54, 1.807) is 49.6 Å². The number of hydrogen-bond acceptors (Lipinski definition) is 6. The number of nitrogens with zero attached hydrogens (tertiary/aromatic N) is 1. The van der Waals surface area contributed by atoms with E-state index in [1.807, 2.05) is 13.8 Å². The average Bonchev–Trinajstić information content (AvgIpc) is 3.03. The lowest BCUT2D eigenvalue weighted by Gasteiger charge is -2.19. The monoisotopic (exact) mass is 445 g/mol. The van der Waals surface area contributed by atoms with Gasteiger partial charge in [-0.25, -0.2) is 8.42 Å². The Bertz CT molecular complexity index is 1050. The van der Waals surface area contributed by atoms with Crippen LogP contribution in [0.3, 0.4) is 0 Å². The Hall–Kier alpha value is -2.91. The number of methoxy groups -OCH3 is 1.